The standard InChI is InChI=1S/C22H29N3O/c1-2-19-18-14-16(20-15-22(26-24-20)12-6-3-7-13-22)10-11-21(18)25(23-19)17-8-4-5-9-17/h10-11,14,17H,2-9,12-13,15H2,1H3. The number of hydrogen-bond acceptors (Lipinski definition) is 3. The average Bonchev–Trinajstić information content (AvgIpc) is 3.40. The second-order valence-corrected chi connectivity index (χ2v) is 8.46. The minimum absolute atomic E-state index is 0.00977. The molecule has 26 heavy (non-hydrogen) atoms. The van der Waals surface area contributed by atoms with E-state index < -0.39 is 0 Å². The zero-order valence-electron chi connectivity index (χ0n) is 15.8. The van der Waals surface area contributed by atoms with Crippen LogP contribution in [0.5, 0.6) is 0 Å². The molecule has 2 fully saturated rings. The number of oxime groups is 1. The molecule has 0 amide bonds. The summed E-state index contributed by atoms with van der Waals surface area (Å²) < 4.78 is 2.31. The van der Waals surface area contributed by atoms with Crippen molar-refractivity contribution in [3.63, 3.8) is 0 Å². The van der Waals surface area contributed by atoms with E-state index in [9.17, 15) is 0 Å². The summed E-state index contributed by atoms with van der Waals surface area (Å²) in [6.45, 7) is 2.21. The van der Waals surface area contributed by atoms with E-state index in [0.29, 0.717) is 6.04 Å². The van der Waals surface area contributed by atoms with Crippen molar-refractivity contribution >= 4 is 16.6 Å². The zero-order valence-corrected chi connectivity index (χ0v) is 15.8. The summed E-state index contributed by atoms with van der Waals surface area (Å²) in [4.78, 5) is 5.97. The number of aryl methyl sites for hydroxylation is 1. The van der Waals surface area contributed by atoms with Crippen molar-refractivity contribution in [2.75, 3.05) is 0 Å². The van der Waals surface area contributed by atoms with Gasteiger partial charge in [-0.2, -0.15) is 5.10 Å². The summed E-state index contributed by atoms with van der Waals surface area (Å²) >= 11 is 0. The fourth-order valence-electron chi connectivity index (χ4n) is 5.21. The Labute approximate surface area is 155 Å². The molecular weight excluding hydrogens is 322 g/mol. The third-order valence-electron chi connectivity index (χ3n) is 6.73. The second-order valence-electron chi connectivity index (χ2n) is 8.46. The number of nitrogens with zero attached hydrogens (tertiary/aromatic N) is 3. The lowest BCUT2D eigenvalue weighted by Gasteiger charge is -2.30. The Hall–Kier alpha value is -1.84. The van der Waals surface area contributed by atoms with Gasteiger partial charge in [0, 0.05) is 17.4 Å². The molecular formula is C22H29N3O. The molecule has 0 unspecified atom stereocenters. The molecule has 1 spiro atoms. The van der Waals surface area contributed by atoms with Crippen molar-refractivity contribution in [2.45, 2.75) is 89.2 Å². The van der Waals surface area contributed by atoms with Gasteiger partial charge in [-0.15, -0.1) is 0 Å². The Morgan fingerprint density at radius 3 is 2.69 bits per heavy atom. The molecule has 0 radical (unpaired) electrons. The molecule has 138 valence electrons. The molecule has 1 aromatic heterocycles. The minimum Gasteiger partial charge on any atom is -0.389 e. The Balaban J connectivity index is 1.48. The second kappa shape index (κ2) is 6.40. The van der Waals surface area contributed by atoms with E-state index in [1.54, 1.807) is 0 Å². The molecule has 0 bridgehead atoms. The summed E-state index contributed by atoms with van der Waals surface area (Å²) in [7, 11) is 0. The highest BCUT2D eigenvalue weighted by molar-refractivity contribution is 6.04. The van der Waals surface area contributed by atoms with Crippen LogP contribution in [0.3, 0.4) is 0 Å². The first-order valence-electron chi connectivity index (χ1n) is 10.5. The highest BCUT2D eigenvalue weighted by Gasteiger charge is 2.40. The van der Waals surface area contributed by atoms with Crippen molar-refractivity contribution < 1.29 is 4.84 Å². The third kappa shape index (κ3) is 2.65. The average molecular weight is 351 g/mol. The first kappa shape index (κ1) is 16.3. The normalized spacial score (nSPS) is 22.9. The molecule has 0 saturated heterocycles. The number of hydrogen-bond donors (Lipinski definition) is 0. The Kier molecular flexibility index (Phi) is 4.02. The topological polar surface area (TPSA) is 39.4 Å². The number of benzene rings is 1. The third-order valence-corrected chi connectivity index (χ3v) is 6.73. The Bertz CT molecular complexity index is 838. The Morgan fingerprint density at radius 2 is 1.92 bits per heavy atom. The lowest BCUT2D eigenvalue weighted by atomic mass is 9.81. The van der Waals surface area contributed by atoms with Crippen molar-refractivity contribution in [2.24, 2.45) is 5.16 Å². The van der Waals surface area contributed by atoms with E-state index in [0.717, 1.165) is 31.4 Å². The smallest absolute Gasteiger partial charge is 0.143 e. The van der Waals surface area contributed by atoms with E-state index in [1.807, 2.05) is 0 Å². The molecule has 2 aliphatic carbocycles. The van der Waals surface area contributed by atoms with Crippen molar-refractivity contribution in [1.29, 1.82) is 0 Å². The van der Waals surface area contributed by atoms with Gasteiger partial charge in [0.15, 0.2) is 0 Å². The summed E-state index contributed by atoms with van der Waals surface area (Å²) in [5.41, 5.74) is 4.86. The summed E-state index contributed by atoms with van der Waals surface area (Å²) in [5.74, 6) is 0. The molecule has 0 N–H and O–H groups in total. The summed E-state index contributed by atoms with van der Waals surface area (Å²) in [6, 6.07) is 7.40. The van der Waals surface area contributed by atoms with Crippen LogP contribution in [0.25, 0.3) is 10.9 Å². The van der Waals surface area contributed by atoms with Gasteiger partial charge in [0.25, 0.3) is 0 Å². The van der Waals surface area contributed by atoms with E-state index in [-0.39, 0.29) is 5.60 Å². The van der Waals surface area contributed by atoms with E-state index in [2.05, 4.69) is 35.0 Å². The molecule has 2 aromatic rings. The van der Waals surface area contributed by atoms with Gasteiger partial charge in [0.1, 0.15) is 5.60 Å². The molecule has 3 aliphatic rings. The van der Waals surface area contributed by atoms with E-state index in [1.165, 1.54) is 67.1 Å². The number of fused-ring (bicyclic) bond motifs is 1. The van der Waals surface area contributed by atoms with Gasteiger partial charge in [-0.1, -0.05) is 37.4 Å². The minimum atomic E-state index is -0.00977. The van der Waals surface area contributed by atoms with Crippen LogP contribution >= 0.6 is 0 Å². The Morgan fingerprint density at radius 1 is 1.12 bits per heavy atom. The van der Waals surface area contributed by atoms with Gasteiger partial charge >= 0.3 is 0 Å². The van der Waals surface area contributed by atoms with Crippen molar-refractivity contribution in [3.8, 4) is 0 Å². The van der Waals surface area contributed by atoms with Gasteiger partial charge in [-0.25, -0.2) is 0 Å². The van der Waals surface area contributed by atoms with Crippen LogP contribution in [0.1, 0.15) is 88.4 Å². The van der Waals surface area contributed by atoms with E-state index in [4.69, 9.17) is 9.94 Å². The number of rotatable bonds is 3. The molecule has 4 heteroatoms. The van der Waals surface area contributed by atoms with Gasteiger partial charge in [-0.3, -0.25) is 4.68 Å². The zero-order chi connectivity index (χ0) is 17.6. The van der Waals surface area contributed by atoms with Crippen LogP contribution in [-0.4, -0.2) is 21.1 Å². The molecule has 1 aromatic carbocycles. The van der Waals surface area contributed by atoms with Crippen molar-refractivity contribution in [3.05, 3.63) is 29.5 Å². The molecule has 2 heterocycles. The number of aromatic nitrogens is 2. The predicted octanol–water partition coefficient (Wildman–Crippen LogP) is 5.54. The van der Waals surface area contributed by atoms with Gasteiger partial charge in [-0.05, 0) is 57.1 Å². The maximum absolute atomic E-state index is 5.97. The maximum atomic E-state index is 5.97. The van der Waals surface area contributed by atoms with Crippen LogP contribution in [0.2, 0.25) is 0 Å². The first-order valence-corrected chi connectivity index (χ1v) is 10.5. The van der Waals surface area contributed by atoms with Gasteiger partial charge in [0.05, 0.1) is 23.0 Å². The highest BCUT2D eigenvalue weighted by atomic mass is 16.7. The SMILES string of the molecule is CCc1nn(C2CCCC2)c2ccc(C3=NOC4(CCCCC4)C3)cc12. The summed E-state index contributed by atoms with van der Waals surface area (Å²) in [6.07, 6.45) is 13.4. The van der Waals surface area contributed by atoms with Crippen LogP contribution < -0.4 is 0 Å². The lowest BCUT2D eigenvalue weighted by molar-refractivity contribution is -0.0449. The van der Waals surface area contributed by atoms with Crippen molar-refractivity contribution in [1.82, 2.24) is 9.78 Å². The molecule has 0 atom stereocenters. The monoisotopic (exact) mass is 351 g/mol. The lowest BCUT2D eigenvalue weighted by Crippen LogP contribution is -2.31. The van der Waals surface area contributed by atoms with Gasteiger partial charge < -0.3 is 4.84 Å². The van der Waals surface area contributed by atoms with Crippen LogP contribution in [-0.2, 0) is 11.3 Å². The van der Waals surface area contributed by atoms with Crippen LogP contribution in [0.15, 0.2) is 23.4 Å². The van der Waals surface area contributed by atoms with E-state index >= 15 is 0 Å². The fourth-order valence-corrected chi connectivity index (χ4v) is 5.21. The van der Waals surface area contributed by atoms with Crippen LogP contribution in [0, 0.1) is 0 Å². The predicted molar refractivity (Wildman–Crippen MR) is 105 cm³/mol. The fraction of sp³-hybridized carbons (Fsp3) is 0.636. The molecule has 2 saturated carbocycles. The van der Waals surface area contributed by atoms with Crippen LogP contribution in [0.4, 0.5) is 0 Å². The first-order chi connectivity index (χ1) is 12.8. The summed E-state index contributed by atoms with van der Waals surface area (Å²) in [5, 5.41) is 10.8. The highest BCUT2D eigenvalue weighted by Crippen LogP contribution is 2.40. The quantitative estimate of drug-likeness (QED) is 0.728. The van der Waals surface area contributed by atoms with Gasteiger partial charge in [0.2, 0.25) is 0 Å². The molecule has 4 nitrogen and oxygen atoms in total. The molecule has 5 rings (SSSR count). The molecule has 1 aliphatic heterocycles. The maximum Gasteiger partial charge on any atom is 0.143 e. The largest absolute Gasteiger partial charge is 0.389 e.